The van der Waals surface area contributed by atoms with Crippen molar-refractivity contribution in [2.24, 2.45) is 5.92 Å². The van der Waals surface area contributed by atoms with Crippen LogP contribution >= 0.6 is 11.8 Å². The Bertz CT molecular complexity index is 343. The number of carboxylic acids is 1. The highest BCUT2D eigenvalue weighted by molar-refractivity contribution is 7.98. The fourth-order valence-corrected chi connectivity index (χ4v) is 1.70. The fraction of sp³-hybridized carbons (Fsp3) is 0.778. The molecule has 0 aromatic heterocycles. The molecular weight excluding hydrogens is 316 g/mol. The molecule has 1 amide bonds. The van der Waals surface area contributed by atoms with Crippen LogP contribution in [-0.4, -0.2) is 47.4 Å². The average molecular weight is 327 g/mol. The normalized spacial score (nSPS) is 14.2. The molecule has 0 fully saturated rings. The fourth-order valence-electron chi connectivity index (χ4n) is 1.23. The first kappa shape index (κ1) is 18.9. The summed E-state index contributed by atoms with van der Waals surface area (Å²) in [7, 11) is 0. The van der Waals surface area contributed by atoms with Crippen molar-refractivity contribution in [2.45, 2.75) is 24.8 Å². The van der Waals surface area contributed by atoms with E-state index in [1.807, 2.05) is 0 Å². The Hall–Kier alpha value is -1.13. The van der Waals surface area contributed by atoms with E-state index in [1.54, 1.807) is 6.26 Å². The van der Waals surface area contributed by atoms with Gasteiger partial charge in [0.15, 0.2) is 0 Å². The third kappa shape index (κ3) is 5.88. The van der Waals surface area contributed by atoms with Crippen LogP contribution in [0.5, 0.6) is 0 Å². The average Bonchev–Trinajstić information content (AvgIpc) is 2.19. The summed E-state index contributed by atoms with van der Waals surface area (Å²) >= 11 is 1.13. The van der Waals surface area contributed by atoms with Gasteiger partial charge in [0.1, 0.15) is 6.04 Å². The Balaban J connectivity index is 5.04. The highest BCUT2D eigenvalue weighted by atomic mass is 32.2. The zero-order chi connectivity index (χ0) is 16.1. The zero-order valence-electron chi connectivity index (χ0n) is 10.0. The first-order chi connectivity index (χ1) is 8.91. The molecule has 0 aliphatic heterocycles. The molecule has 20 heavy (non-hydrogen) atoms. The van der Waals surface area contributed by atoms with Crippen molar-refractivity contribution in [3.63, 3.8) is 0 Å². The first-order valence-corrected chi connectivity index (χ1v) is 6.46. The number of carbonyl (C=O) groups is 2. The van der Waals surface area contributed by atoms with Crippen LogP contribution in [0.3, 0.4) is 0 Å². The van der Waals surface area contributed by atoms with Gasteiger partial charge in [-0.1, -0.05) is 0 Å². The van der Waals surface area contributed by atoms with Gasteiger partial charge in [-0.15, -0.1) is 0 Å². The van der Waals surface area contributed by atoms with Crippen molar-refractivity contribution < 1.29 is 41.0 Å². The van der Waals surface area contributed by atoms with Crippen LogP contribution in [0.15, 0.2) is 0 Å². The van der Waals surface area contributed by atoms with Crippen LogP contribution in [0.4, 0.5) is 26.3 Å². The van der Waals surface area contributed by atoms with Crippen LogP contribution in [0.1, 0.15) is 6.42 Å². The predicted octanol–water partition coefficient (Wildman–Crippen LogP) is 2.05. The molecule has 0 saturated carbocycles. The van der Waals surface area contributed by atoms with Gasteiger partial charge in [-0.2, -0.15) is 38.1 Å². The monoisotopic (exact) mass is 327 g/mol. The van der Waals surface area contributed by atoms with Gasteiger partial charge < -0.3 is 10.4 Å². The van der Waals surface area contributed by atoms with Crippen LogP contribution in [-0.2, 0) is 9.59 Å². The van der Waals surface area contributed by atoms with E-state index < -0.39 is 36.2 Å². The number of hydrogen-bond acceptors (Lipinski definition) is 3. The Morgan fingerprint density at radius 1 is 1.15 bits per heavy atom. The molecule has 0 spiro atoms. The quantitative estimate of drug-likeness (QED) is 0.733. The van der Waals surface area contributed by atoms with E-state index in [-0.39, 0.29) is 12.2 Å². The lowest BCUT2D eigenvalue weighted by Gasteiger charge is -2.24. The van der Waals surface area contributed by atoms with E-state index in [2.05, 4.69) is 0 Å². The van der Waals surface area contributed by atoms with E-state index in [0.29, 0.717) is 0 Å². The van der Waals surface area contributed by atoms with Gasteiger partial charge in [-0.25, -0.2) is 4.79 Å². The highest BCUT2D eigenvalue weighted by Crippen LogP contribution is 2.39. The summed E-state index contributed by atoms with van der Waals surface area (Å²) in [4.78, 5) is 21.8. The maximum atomic E-state index is 12.2. The molecule has 0 aromatic rings. The second kappa shape index (κ2) is 7.04. The molecule has 0 heterocycles. The first-order valence-electron chi connectivity index (χ1n) is 5.06. The van der Waals surface area contributed by atoms with Gasteiger partial charge in [-0.05, 0) is 18.4 Å². The lowest BCUT2D eigenvalue weighted by atomic mass is 10.1. The minimum Gasteiger partial charge on any atom is -0.480 e. The summed E-state index contributed by atoms with van der Waals surface area (Å²) in [6, 6.07) is -1.80. The van der Waals surface area contributed by atoms with E-state index >= 15 is 0 Å². The summed E-state index contributed by atoms with van der Waals surface area (Å²) in [5.74, 6) is -8.21. The van der Waals surface area contributed by atoms with Crippen molar-refractivity contribution in [3.05, 3.63) is 0 Å². The van der Waals surface area contributed by atoms with E-state index in [1.165, 1.54) is 5.32 Å². The minimum absolute atomic E-state index is 0.153. The molecule has 1 atom stereocenters. The lowest BCUT2D eigenvalue weighted by Crippen LogP contribution is -2.52. The van der Waals surface area contributed by atoms with Crippen LogP contribution in [0.25, 0.3) is 0 Å². The molecule has 0 aromatic carbocycles. The van der Waals surface area contributed by atoms with Crippen LogP contribution < -0.4 is 5.32 Å². The molecule has 0 aliphatic carbocycles. The molecular formula is C9H11F6NO3S. The van der Waals surface area contributed by atoms with E-state index in [9.17, 15) is 35.9 Å². The van der Waals surface area contributed by atoms with Crippen molar-refractivity contribution in [2.75, 3.05) is 12.0 Å². The van der Waals surface area contributed by atoms with Gasteiger partial charge in [0.05, 0.1) is 0 Å². The number of carbonyl (C=O) groups excluding carboxylic acids is 1. The molecule has 11 heteroatoms. The maximum Gasteiger partial charge on any atom is 0.409 e. The van der Waals surface area contributed by atoms with Crippen molar-refractivity contribution in [1.82, 2.24) is 5.32 Å². The van der Waals surface area contributed by atoms with Gasteiger partial charge in [0.25, 0.3) is 0 Å². The SMILES string of the molecule is CSCCC(NC(=O)C(C(F)(F)F)C(F)(F)F)C(=O)O. The highest BCUT2D eigenvalue weighted by Gasteiger charge is 2.61. The van der Waals surface area contributed by atoms with Gasteiger partial charge >= 0.3 is 18.3 Å². The number of aliphatic carboxylic acids is 1. The third-order valence-electron chi connectivity index (χ3n) is 2.14. The van der Waals surface area contributed by atoms with Gasteiger partial charge in [-0.3, -0.25) is 4.79 Å². The lowest BCUT2D eigenvalue weighted by molar-refractivity contribution is -0.274. The molecule has 0 aliphatic rings. The zero-order valence-corrected chi connectivity index (χ0v) is 10.8. The number of nitrogens with one attached hydrogen (secondary N) is 1. The molecule has 0 rings (SSSR count). The number of halogens is 6. The Morgan fingerprint density at radius 3 is 1.90 bits per heavy atom. The standard InChI is InChI=1S/C9H11F6NO3S/c1-20-3-2-4(7(18)19)16-6(17)5(8(10,11)12)9(13,14)15/h4-5H,2-3H2,1H3,(H,16,17)(H,18,19). The molecule has 0 saturated heterocycles. The number of hydrogen-bond donors (Lipinski definition) is 2. The molecule has 118 valence electrons. The number of thioether (sulfide) groups is 1. The van der Waals surface area contributed by atoms with Crippen molar-refractivity contribution >= 4 is 23.6 Å². The third-order valence-corrected chi connectivity index (χ3v) is 2.79. The predicted molar refractivity (Wildman–Crippen MR) is 58.2 cm³/mol. The summed E-state index contributed by atoms with van der Waals surface area (Å²) < 4.78 is 73.4. The summed E-state index contributed by atoms with van der Waals surface area (Å²) in [5.41, 5.74) is 0. The number of carboxylic acid groups (broad SMARTS) is 1. The van der Waals surface area contributed by atoms with Crippen LogP contribution in [0.2, 0.25) is 0 Å². The van der Waals surface area contributed by atoms with Crippen LogP contribution in [0, 0.1) is 5.92 Å². The van der Waals surface area contributed by atoms with Crippen molar-refractivity contribution in [1.29, 1.82) is 0 Å². The second-order valence-corrected chi connectivity index (χ2v) is 4.68. The summed E-state index contributed by atoms with van der Waals surface area (Å²) in [5, 5.41) is 9.92. The topological polar surface area (TPSA) is 66.4 Å². The smallest absolute Gasteiger partial charge is 0.409 e. The number of alkyl halides is 6. The second-order valence-electron chi connectivity index (χ2n) is 3.70. The maximum absolute atomic E-state index is 12.2. The van der Waals surface area contributed by atoms with Gasteiger partial charge in [0.2, 0.25) is 11.8 Å². The minimum atomic E-state index is -5.84. The summed E-state index contributed by atoms with van der Waals surface area (Å²) in [6.07, 6.45) is -10.4. The van der Waals surface area contributed by atoms with Crippen molar-refractivity contribution in [3.8, 4) is 0 Å². The van der Waals surface area contributed by atoms with E-state index in [4.69, 9.17) is 5.11 Å². The largest absolute Gasteiger partial charge is 0.480 e. The Kier molecular flexibility index (Phi) is 6.65. The Labute approximate surface area is 113 Å². The molecule has 0 radical (unpaired) electrons. The molecule has 2 N–H and O–H groups in total. The Morgan fingerprint density at radius 2 is 1.60 bits per heavy atom. The molecule has 0 bridgehead atoms. The molecule has 1 unspecified atom stereocenters. The van der Waals surface area contributed by atoms with E-state index in [0.717, 1.165) is 11.8 Å². The summed E-state index contributed by atoms with van der Waals surface area (Å²) in [6.45, 7) is 0. The molecule has 4 nitrogen and oxygen atoms in total. The number of amides is 1. The number of rotatable bonds is 6. The van der Waals surface area contributed by atoms with Gasteiger partial charge in [0, 0.05) is 0 Å².